The minimum atomic E-state index is -0.533. The Bertz CT molecular complexity index is 242. The van der Waals surface area contributed by atoms with Crippen molar-refractivity contribution in [2.75, 3.05) is 0 Å². The van der Waals surface area contributed by atoms with E-state index in [-0.39, 0.29) is 5.78 Å². The van der Waals surface area contributed by atoms with Gasteiger partial charge in [-0.05, 0) is 30.6 Å². The zero-order valence-electron chi connectivity index (χ0n) is 8.05. The Morgan fingerprint density at radius 3 is 2.42 bits per heavy atom. The van der Waals surface area contributed by atoms with Crippen LogP contribution in [0.25, 0.3) is 0 Å². The summed E-state index contributed by atoms with van der Waals surface area (Å²) in [5.41, 5.74) is 5.76. The molecule has 3 atom stereocenters. The van der Waals surface area contributed by atoms with Crippen LogP contribution < -0.4 is 5.73 Å². The Balaban J connectivity index is 2.19. The molecule has 0 amide bonds. The monoisotopic (exact) mass is 167 g/mol. The van der Waals surface area contributed by atoms with Gasteiger partial charge in [-0.1, -0.05) is 13.8 Å². The van der Waals surface area contributed by atoms with E-state index in [4.69, 9.17) is 5.73 Å². The molecule has 68 valence electrons. The molecule has 2 aliphatic rings. The Kier molecular flexibility index (Phi) is 1.32. The van der Waals surface area contributed by atoms with Crippen LogP contribution in [0.4, 0.5) is 0 Å². The van der Waals surface area contributed by atoms with E-state index in [1.165, 1.54) is 0 Å². The Labute approximate surface area is 73.5 Å². The zero-order valence-corrected chi connectivity index (χ0v) is 8.05. The summed E-state index contributed by atoms with van der Waals surface area (Å²) in [5, 5.41) is 0. The third kappa shape index (κ3) is 0.875. The van der Waals surface area contributed by atoms with Gasteiger partial charge in [-0.25, -0.2) is 0 Å². The number of nitrogens with two attached hydrogens (primary N) is 1. The van der Waals surface area contributed by atoms with E-state index in [0.717, 1.165) is 6.42 Å². The number of rotatable bonds is 0. The van der Waals surface area contributed by atoms with Crippen molar-refractivity contribution in [3.05, 3.63) is 0 Å². The molecular formula is C10H17NO. The van der Waals surface area contributed by atoms with Gasteiger partial charge < -0.3 is 5.73 Å². The lowest BCUT2D eigenvalue weighted by Crippen LogP contribution is -2.47. The molecule has 0 aromatic heterocycles. The van der Waals surface area contributed by atoms with Crippen molar-refractivity contribution in [3.8, 4) is 0 Å². The van der Waals surface area contributed by atoms with Crippen molar-refractivity contribution in [2.45, 2.75) is 39.2 Å². The van der Waals surface area contributed by atoms with E-state index < -0.39 is 5.54 Å². The van der Waals surface area contributed by atoms with Crippen LogP contribution in [0.15, 0.2) is 0 Å². The highest BCUT2D eigenvalue weighted by atomic mass is 16.1. The molecule has 0 radical (unpaired) electrons. The molecule has 2 saturated carbocycles. The van der Waals surface area contributed by atoms with Gasteiger partial charge >= 0.3 is 0 Å². The number of ketones is 1. The standard InChI is InChI=1S/C10H17NO/c1-9(2)6-4-8(12)10(3,11)5-7(6)9/h6-7H,4-5,11H2,1-3H3. The summed E-state index contributed by atoms with van der Waals surface area (Å²) < 4.78 is 0. The fourth-order valence-corrected chi connectivity index (χ4v) is 2.67. The largest absolute Gasteiger partial charge is 0.319 e. The lowest BCUT2D eigenvalue weighted by atomic mass is 9.83. The van der Waals surface area contributed by atoms with Gasteiger partial charge in [-0.3, -0.25) is 4.79 Å². The van der Waals surface area contributed by atoms with Crippen LogP contribution in [0, 0.1) is 17.3 Å². The van der Waals surface area contributed by atoms with Crippen molar-refractivity contribution >= 4 is 5.78 Å². The van der Waals surface area contributed by atoms with Crippen LogP contribution in [-0.4, -0.2) is 11.3 Å². The van der Waals surface area contributed by atoms with Gasteiger partial charge in [0.1, 0.15) is 0 Å². The number of Topliss-reactive ketones (excluding diaryl/α,β-unsaturated/α-hetero) is 1. The molecule has 0 aromatic rings. The van der Waals surface area contributed by atoms with Crippen LogP contribution in [0.2, 0.25) is 0 Å². The van der Waals surface area contributed by atoms with Crippen molar-refractivity contribution in [1.82, 2.24) is 0 Å². The topological polar surface area (TPSA) is 43.1 Å². The molecular weight excluding hydrogens is 150 g/mol. The predicted molar refractivity (Wildman–Crippen MR) is 47.6 cm³/mol. The lowest BCUT2D eigenvalue weighted by Gasteiger charge is -2.26. The van der Waals surface area contributed by atoms with E-state index in [2.05, 4.69) is 13.8 Å². The molecule has 2 aliphatic carbocycles. The van der Waals surface area contributed by atoms with E-state index in [1.807, 2.05) is 6.92 Å². The van der Waals surface area contributed by atoms with Crippen LogP contribution in [-0.2, 0) is 4.79 Å². The molecule has 12 heavy (non-hydrogen) atoms. The van der Waals surface area contributed by atoms with Crippen molar-refractivity contribution in [1.29, 1.82) is 0 Å². The molecule has 0 heterocycles. The number of fused-ring (bicyclic) bond motifs is 1. The fraction of sp³-hybridized carbons (Fsp3) is 0.900. The van der Waals surface area contributed by atoms with E-state index >= 15 is 0 Å². The SMILES string of the molecule is CC1(N)CC2C(CC1=O)C2(C)C. The first kappa shape index (κ1) is 8.24. The normalized spacial score (nSPS) is 50.2. The van der Waals surface area contributed by atoms with Crippen LogP contribution in [0.1, 0.15) is 33.6 Å². The maximum atomic E-state index is 11.5. The Morgan fingerprint density at radius 1 is 1.33 bits per heavy atom. The van der Waals surface area contributed by atoms with Gasteiger partial charge in [0.15, 0.2) is 5.78 Å². The second-order valence-corrected chi connectivity index (χ2v) is 5.28. The van der Waals surface area contributed by atoms with E-state index in [0.29, 0.717) is 23.7 Å². The highest BCUT2D eigenvalue weighted by molar-refractivity contribution is 5.89. The van der Waals surface area contributed by atoms with Gasteiger partial charge in [0, 0.05) is 6.42 Å². The second-order valence-electron chi connectivity index (χ2n) is 5.28. The fourth-order valence-electron chi connectivity index (χ4n) is 2.67. The third-order valence-corrected chi connectivity index (χ3v) is 3.97. The van der Waals surface area contributed by atoms with Crippen LogP contribution >= 0.6 is 0 Å². The molecule has 2 nitrogen and oxygen atoms in total. The molecule has 0 saturated heterocycles. The number of hydrogen-bond donors (Lipinski definition) is 1. The third-order valence-electron chi connectivity index (χ3n) is 3.97. The van der Waals surface area contributed by atoms with E-state index in [1.54, 1.807) is 0 Å². The van der Waals surface area contributed by atoms with Gasteiger partial charge in [0.25, 0.3) is 0 Å². The summed E-state index contributed by atoms with van der Waals surface area (Å²) in [6, 6.07) is 0. The number of hydrogen-bond acceptors (Lipinski definition) is 2. The maximum Gasteiger partial charge on any atom is 0.152 e. The van der Waals surface area contributed by atoms with Crippen molar-refractivity contribution in [3.63, 3.8) is 0 Å². The molecule has 2 rings (SSSR count). The number of carbonyl (C=O) groups excluding carboxylic acids is 1. The molecule has 0 bridgehead atoms. The number of carbonyl (C=O) groups is 1. The zero-order chi connectivity index (χ0) is 9.15. The molecule has 0 aliphatic heterocycles. The predicted octanol–water partition coefficient (Wildman–Crippen LogP) is 1.34. The molecule has 2 heteroatoms. The Hall–Kier alpha value is -0.370. The minimum Gasteiger partial charge on any atom is -0.319 e. The first-order valence-corrected chi connectivity index (χ1v) is 4.68. The summed E-state index contributed by atoms with van der Waals surface area (Å²) >= 11 is 0. The highest BCUT2D eigenvalue weighted by Crippen LogP contribution is 2.65. The van der Waals surface area contributed by atoms with Gasteiger partial charge in [-0.2, -0.15) is 0 Å². The second kappa shape index (κ2) is 1.92. The summed E-state index contributed by atoms with van der Waals surface area (Å²) in [6.07, 6.45) is 1.61. The molecule has 0 spiro atoms. The Morgan fingerprint density at radius 2 is 1.92 bits per heavy atom. The summed E-state index contributed by atoms with van der Waals surface area (Å²) in [6.45, 7) is 6.37. The smallest absolute Gasteiger partial charge is 0.152 e. The first-order valence-electron chi connectivity index (χ1n) is 4.68. The highest BCUT2D eigenvalue weighted by Gasteiger charge is 2.63. The average molecular weight is 167 g/mol. The van der Waals surface area contributed by atoms with Crippen LogP contribution in [0.3, 0.4) is 0 Å². The van der Waals surface area contributed by atoms with Crippen LogP contribution in [0.5, 0.6) is 0 Å². The molecule has 2 N–H and O–H groups in total. The molecule has 3 unspecified atom stereocenters. The lowest BCUT2D eigenvalue weighted by molar-refractivity contribution is -0.125. The van der Waals surface area contributed by atoms with Gasteiger partial charge in [0.2, 0.25) is 0 Å². The molecule has 0 aromatic carbocycles. The minimum absolute atomic E-state index is 0.259. The van der Waals surface area contributed by atoms with Gasteiger partial charge in [0.05, 0.1) is 5.54 Å². The van der Waals surface area contributed by atoms with Crippen molar-refractivity contribution < 1.29 is 4.79 Å². The summed E-state index contributed by atoms with van der Waals surface area (Å²) in [4.78, 5) is 11.5. The van der Waals surface area contributed by atoms with E-state index in [9.17, 15) is 4.79 Å². The average Bonchev–Trinajstić information content (AvgIpc) is 2.37. The summed E-state index contributed by atoms with van der Waals surface area (Å²) in [7, 11) is 0. The molecule has 2 fully saturated rings. The summed E-state index contributed by atoms with van der Waals surface area (Å²) in [5.74, 6) is 1.58. The maximum absolute atomic E-state index is 11.5. The van der Waals surface area contributed by atoms with Crippen molar-refractivity contribution in [2.24, 2.45) is 23.0 Å². The first-order chi connectivity index (χ1) is 5.36. The van der Waals surface area contributed by atoms with Gasteiger partial charge in [-0.15, -0.1) is 0 Å². The quantitative estimate of drug-likeness (QED) is 0.591.